The minimum atomic E-state index is 0. The number of aromatic amines is 1. The van der Waals surface area contributed by atoms with Crippen molar-refractivity contribution in [1.82, 2.24) is 15.3 Å². The SMILES string of the molecule is C.CN(c1ccnc2[nH]ccc12)C1CCCNC1. The first-order valence-corrected chi connectivity index (χ1v) is 6.22. The number of rotatable bonds is 2. The van der Waals surface area contributed by atoms with Crippen molar-refractivity contribution >= 4 is 16.7 Å². The Morgan fingerprint density at radius 3 is 3.06 bits per heavy atom. The third-order valence-corrected chi connectivity index (χ3v) is 3.64. The third-order valence-electron chi connectivity index (χ3n) is 3.64. The molecule has 18 heavy (non-hydrogen) atoms. The summed E-state index contributed by atoms with van der Waals surface area (Å²) in [5.74, 6) is 0. The molecule has 0 aliphatic carbocycles. The quantitative estimate of drug-likeness (QED) is 0.855. The maximum atomic E-state index is 4.33. The van der Waals surface area contributed by atoms with Crippen LogP contribution < -0.4 is 10.2 Å². The number of aromatic nitrogens is 2. The van der Waals surface area contributed by atoms with Crippen LogP contribution in [0, 0.1) is 0 Å². The minimum absolute atomic E-state index is 0. The second-order valence-corrected chi connectivity index (χ2v) is 4.68. The average Bonchev–Trinajstić information content (AvgIpc) is 2.87. The molecule has 98 valence electrons. The normalized spacial score (nSPS) is 19.5. The van der Waals surface area contributed by atoms with E-state index in [1.54, 1.807) is 0 Å². The molecular weight excluding hydrogens is 224 g/mol. The van der Waals surface area contributed by atoms with E-state index in [9.17, 15) is 0 Å². The van der Waals surface area contributed by atoms with Gasteiger partial charge in [0.05, 0.1) is 0 Å². The van der Waals surface area contributed by atoms with Crippen LogP contribution in [0.15, 0.2) is 24.5 Å². The first kappa shape index (κ1) is 12.9. The summed E-state index contributed by atoms with van der Waals surface area (Å²) in [6.07, 6.45) is 6.35. The van der Waals surface area contributed by atoms with E-state index in [1.165, 1.54) is 23.9 Å². The molecule has 0 amide bonds. The van der Waals surface area contributed by atoms with Crippen molar-refractivity contribution in [2.75, 3.05) is 25.0 Å². The Labute approximate surface area is 108 Å². The summed E-state index contributed by atoms with van der Waals surface area (Å²) < 4.78 is 0. The number of pyridine rings is 1. The van der Waals surface area contributed by atoms with Gasteiger partial charge in [-0.1, -0.05) is 7.43 Å². The summed E-state index contributed by atoms with van der Waals surface area (Å²) in [6, 6.07) is 4.79. The van der Waals surface area contributed by atoms with Gasteiger partial charge in [0.15, 0.2) is 0 Å². The number of anilines is 1. The van der Waals surface area contributed by atoms with E-state index in [2.05, 4.69) is 39.4 Å². The number of nitrogens with one attached hydrogen (secondary N) is 2. The summed E-state index contributed by atoms with van der Waals surface area (Å²) in [6.45, 7) is 2.23. The van der Waals surface area contributed by atoms with Gasteiger partial charge in [-0.15, -0.1) is 0 Å². The van der Waals surface area contributed by atoms with E-state index < -0.39 is 0 Å². The van der Waals surface area contributed by atoms with Gasteiger partial charge in [0.1, 0.15) is 5.65 Å². The lowest BCUT2D eigenvalue weighted by Crippen LogP contribution is -2.44. The second kappa shape index (κ2) is 5.40. The minimum Gasteiger partial charge on any atom is -0.370 e. The molecule has 1 unspecified atom stereocenters. The van der Waals surface area contributed by atoms with Crippen molar-refractivity contribution in [2.45, 2.75) is 26.3 Å². The highest BCUT2D eigenvalue weighted by Gasteiger charge is 2.19. The number of hydrogen-bond donors (Lipinski definition) is 2. The zero-order valence-electron chi connectivity index (χ0n) is 10.1. The van der Waals surface area contributed by atoms with Crippen LogP contribution >= 0.6 is 0 Å². The van der Waals surface area contributed by atoms with Crippen LogP contribution in [0.4, 0.5) is 5.69 Å². The van der Waals surface area contributed by atoms with Crippen LogP contribution in [0.25, 0.3) is 11.0 Å². The van der Waals surface area contributed by atoms with Crippen LogP contribution in [0.5, 0.6) is 0 Å². The van der Waals surface area contributed by atoms with Crippen LogP contribution in [-0.4, -0.2) is 36.1 Å². The maximum Gasteiger partial charge on any atom is 0.139 e. The predicted molar refractivity (Wildman–Crippen MR) is 77.1 cm³/mol. The lowest BCUT2D eigenvalue weighted by Gasteiger charge is -2.33. The molecule has 1 atom stereocenters. The summed E-state index contributed by atoms with van der Waals surface area (Å²) in [7, 11) is 2.18. The van der Waals surface area contributed by atoms with Gasteiger partial charge in [-0.3, -0.25) is 0 Å². The Morgan fingerprint density at radius 1 is 1.39 bits per heavy atom. The van der Waals surface area contributed by atoms with Crippen molar-refractivity contribution < 1.29 is 0 Å². The average molecular weight is 246 g/mol. The molecule has 1 saturated heterocycles. The number of hydrogen-bond acceptors (Lipinski definition) is 3. The van der Waals surface area contributed by atoms with Gasteiger partial charge in [-0.05, 0) is 31.5 Å². The van der Waals surface area contributed by atoms with Gasteiger partial charge < -0.3 is 15.2 Å². The number of piperidine rings is 1. The molecule has 0 radical (unpaired) electrons. The van der Waals surface area contributed by atoms with Crippen molar-refractivity contribution in [3.05, 3.63) is 24.5 Å². The Hall–Kier alpha value is -1.55. The van der Waals surface area contributed by atoms with E-state index in [0.717, 1.165) is 18.7 Å². The molecule has 0 saturated carbocycles. The zero-order valence-corrected chi connectivity index (χ0v) is 10.1. The number of H-pyrrole nitrogens is 1. The van der Waals surface area contributed by atoms with Gasteiger partial charge in [0.2, 0.25) is 0 Å². The Morgan fingerprint density at radius 2 is 2.28 bits per heavy atom. The highest BCUT2D eigenvalue weighted by atomic mass is 15.2. The molecule has 3 rings (SSSR count). The molecule has 4 heteroatoms. The van der Waals surface area contributed by atoms with E-state index in [-0.39, 0.29) is 7.43 Å². The maximum absolute atomic E-state index is 4.33. The molecule has 2 aromatic rings. The Kier molecular flexibility index (Phi) is 3.87. The first-order chi connectivity index (χ1) is 8.36. The predicted octanol–water partition coefficient (Wildman–Crippen LogP) is 2.39. The van der Waals surface area contributed by atoms with Crippen LogP contribution in [0.1, 0.15) is 20.3 Å². The summed E-state index contributed by atoms with van der Waals surface area (Å²) >= 11 is 0. The number of fused-ring (bicyclic) bond motifs is 1. The third kappa shape index (κ3) is 2.20. The fourth-order valence-corrected chi connectivity index (χ4v) is 2.61. The topological polar surface area (TPSA) is 44.0 Å². The molecule has 1 aliphatic heterocycles. The van der Waals surface area contributed by atoms with Crippen LogP contribution in [0.3, 0.4) is 0 Å². The molecule has 0 aromatic carbocycles. The number of nitrogens with zero attached hydrogens (tertiary/aromatic N) is 2. The number of likely N-dealkylation sites (N-methyl/N-ethyl adjacent to an activating group) is 1. The lowest BCUT2D eigenvalue weighted by atomic mass is 10.1. The Bertz CT molecular complexity index is 499. The largest absolute Gasteiger partial charge is 0.370 e. The van der Waals surface area contributed by atoms with E-state index >= 15 is 0 Å². The van der Waals surface area contributed by atoms with Crippen LogP contribution in [0.2, 0.25) is 0 Å². The van der Waals surface area contributed by atoms with Gasteiger partial charge in [0.25, 0.3) is 0 Å². The van der Waals surface area contributed by atoms with Crippen molar-refractivity contribution in [2.24, 2.45) is 0 Å². The van der Waals surface area contributed by atoms with Gasteiger partial charge >= 0.3 is 0 Å². The van der Waals surface area contributed by atoms with Crippen molar-refractivity contribution in [1.29, 1.82) is 0 Å². The van der Waals surface area contributed by atoms with Gasteiger partial charge in [-0.2, -0.15) is 0 Å². The fraction of sp³-hybridized carbons (Fsp3) is 0.500. The van der Waals surface area contributed by atoms with Gasteiger partial charge in [0, 0.05) is 43.1 Å². The highest BCUT2D eigenvalue weighted by molar-refractivity contribution is 5.89. The van der Waals surface area contributed by atoms with E-state index in [1.807, 2.05) is 12.4 Å². The van der Waals surface area contributed by atoms with E-state index in [0.29, 0.717) is 6.04 Å². The lowest BCUT2D eigenvalue weighted by molar-refractivity contribution is 0.445. The molecule has 0 bridgehead atoms. The monoisotopic (exact) mass is 246 g/mol. The molecular formula is C14H22N4. The summed E-state index contributed by atoms with van der Waals surface area (Å²) in [4.78, 5) is 9.87. The van der Waals surface area contributed by atoms with E-state index in [4.69, 9.17) is 0 Å². The first-order valence-electron chi connectivity index (χ1n) is 6.22. The Balaban J connectivity index is 0.00000120. The molecule has 3 heterocycles. The summed E-state index contributed by atoms with van der Waals surface area (Å²) in [5.41, 5.74) is 2.24. The van der Waals surface area contributed by atoms with Crippen molar-refractivity contribution in [3.8, 4) is 0 Å². The molecule has 1 fully saturated rings. The fourth-order valence-electron chi connectivity index (χ4n) is 2.61. The molecule has 1 aliphatic rings. The highest BCUT2D eigenvalue weighted by Crippen LogP contribution is 2.26. The standard InChI is InChI=1S/C13H18N4.CH4/c1-17(10-3-2-6-14-9-10)12-5-8-16-13-11(12)4-7-15-13;/h4-5,7-8,10,14H,2-3,6,9H2,1H3,(H,15,16);1H4. The molecule has 4 nitrogen and oxygen atoms in total. The smallest absolute Gasteiger partial charge is 0.139 e. The zero-order chi connectivity index (χ0) is 11.7. The summed E-state index contributed by atoms with van der Waals surface area (Å²) in [5, 5.41) is 4.67. The molecule has 0 spiro atoms. The van der Waals surface area contributed by atoms with Crippen molar-refractivity contribution in [3.63, 3.8) is 0 Å². The molecule has 2 aromatic heterocycles. The second-order valence-electron chi connectivity index (χ2n) is 4.68. The van der Waals surface area contributed by atoms with Crippen LogP contribution in [-0.2, 0) is 0 Å². The molecule has 2 N–H and O–H groups in total. The van der Waals surface area contributed by atoms with Gasteiger partial charge in [-0.25, -0.2) is 4.98 Å².